The fourth-order valence-corrected chi connectivity index (χ4v) is 3.28. The van der Waals surface area contributed by atoms with Crippen molar-refractivity contribution in [2.24, 2.45) is 5.14 Å². The molecular weight excluding hydrogens is 276 g/mol. The Morgan fingerprint density at radius 1 is 1.37 bits per heavy atom. The lowest BCUT2D eigenvalue weighted by Crippen LogP contribution is -2.37. The maximum Gasteiger partial charge on any atom is 0.209 e. The van der Waals surface area contributed by atoms with Gasteiger partial charge in [0.25, 0.3) is 0 Å². The first-order valence-electron chi connectivity index (χ1n) is 5.76. The molecular formula is C12H15F2NO3S. The maximum atomic E-state index is 13.3. The number of benzene rings is 1. The zero-order valence-corrected chi connectivity index (χ0v) is 11.4. The molecule has 2 rings (SSSR count). The van der Waals surface area contributed by atoms with Gasteiger partial charge in [0.1, 0.15) is 11.4 Å². The molecule has 0 amide bonds. The van der Waals surface area contributed by atoms with E-state index < -0.39 is 33.2 Å². The van der Waals surface area contributed by atoms with Crippen molar-refractivity contribution in [1.82, 2.24) is 0 Å². The number of sulfonamides is 1. The second-order valence-electron chi connectivity index (χ2n) is 5.40. The van der Waals surface area contributed by atoms with Crippen molar-refractivity contribution in [3.63, 3.8) is 0 Å². The fourth-order valence-electron chi connectivity index (χ4n) is 2.42. The van der Waals surface area contributed by atoms with Gasteiger partial charge in [-0.15, -0.1) is 0 Å². The molecule has 1 atom stereocenters. The molecule has 1 aromatic rings. The van der Waals surface area contributed by atoms with E-state index in [1.165, 1.54) is 0 Å². The normalized spacial score (nSPS) is 21.6. The van der Waals surface area contributed by atoms with Crippen molar-refractivity contribution in [2.45, 2.75) is 31.8 Å². The minimum atomic E-state index is -3.71. The summed E-state index contributed by atoms with van der Waals surface area (Å²) in [5.41, 5.74) is -0.320. The summed E-state index contributed by atoms with van der Waals surface area (Å²) in [6.07, 6.45) is 0.363. The topological polar surface area (TPSA) is 69.4 Å². The van der Waals surface area contributed by atoms with Crippen LogP contribution in [0.2, 0.25) is 0 Å². The zero-order valence-electron chi connectivity index (χ0n) is 10.6. The molecule has 0 saturated carbocycles. The molecule has 1 heterocycles. The Bertz CT molecular complexity index is 614. The summed E-state index contributed by atoms with van der Waals surface area (Å²) < 4.78 is 54.6. The van der Waals surface area contributed by atoms with E-state index in [0.29, 0.717) is 12.0 Å². The predicted octanol–water partition coefficient (Wildman–Crippen LogP) is 1.90. The van der Waals surface area contributed by atoms with Gasteiger partial charge in [0.05, 0.1) is 5.75 Å². The van der Waals surface area contributed by atoms with Crippen LogP contribution in [0, 0.1) is 11.6 Å². The summed E-state index contributed by atoms with van der Waals surface area (Å²) in [5.74, 6) is -2.71. The molecule has 19 heavy (non-hydrogen) atoms. The third-order valence-corrected chi connectivity index (χ3v) is 3.92. The lowest BCUT2D eigenvalue weighted by atomic mass is 9.85. The maximum absolute atomic E-state index is 13.3. The molecule has 4 nitrogen and oxygen atoms in total. The van der Waals surface area contributed by atoms with E-state index in [1.54, 1.807) is 13.8 Å². The molecule has 1 aliphatic heterocycles. The number of ether oxygens (including phenoxy) is 1. The van der Waals surface area contributed by atoms with Crippen LogP contribution in [0.5, 0.6) is 5.75 Å². The molecule has 0 radical (unpaired) electrons. The van der Waals surface area contributed by atoms with E-state index in [4.69, 9.17) is 9.88 Å². The van der Waals surface area contributed by atoms with Gasteiger partial charge >= 0.3 is 0 Å². The van der Waals surface area contributed by atoms with Crippen LogP contribution in [0.4, 0.5) is 8.78 Å². The van der Waals surface area contributed by atoms with Crippen molar-refractivity contribution < 1.29 is 21.9 Å². The lowest BCUT2D eigenvalue weighted by molar-refractivity contribution is 0.0742. The number of hydrogen-bond acceptors (Lipinski definition) is 3. The van der Waals surface area contributed by atoms with Crippen molar-refractivity contribution in [3.05, 3.63) is 29.3 Å². The minimum absolute atomic E-state index is 0.170. The Labute approximate surface area is 110 Å². The Hall–Kier alpha value is -1.21. The SMILES string of the molecule is CC1(C)CC(CS(N)(=O)=O)c2cc(F)c(F)cc2O1. The highest BCUT2D eigenvalue weighted by Crippen LogP contribution is 2.42. The third kappa shape index (κ3) is 3.22. The van der Waals surface area contributed by atoms with Crippen LogP contribution < -0.4 is 9.88 Å². The van der Waals surface area contributed by atoms with E-state index >= 15 is 0 Å². The molecule has 0 saturated heterocycles. The summed E-state index contributed by atoms with van der Waals surface area (Å²) in [7, 11) is -3.71. The van der Waals surface area contributed by atoms with E-state index in [0.717, 1.165) is 12.1 Å². The van der Waals surface area contributed by atoms with Crippen molar-refractivity contribution in [3.8, 4) is 5.75 Å². The van der Waals surface area contributed by atoms with Gasteiger partial charge in [-0.1, -0.05) is 0 Å². The summed E-state index contributed by atoms with van der Waals surface area (Å²) in [6.45, 7) is 3.51. The van der Waals surface area contributed by atoms with E-state index in [2.05, 4.69) is 0 Å². The highest BCUT2D eigenvalue weighted by atomic mass is 32.2. The molecule has 0 spiro atoms. The Morgan fingerprint density at radius 3 is 2.53 bits per heavy atom. The highest BCUT2D eigenvalue weighted by molar-refractivity contribution is 7.89. The molecule has 1 aliphatic rings. The van der Waals surface area contributed by atoms with Gasteiger partial charge in [-0.3, -0.25) is 0 Å². The van der Waals surface area contributed by atoms with Gasteiger partial charge in [0.15, 0.2) is 11.6 Å². The van der Waals surface area contributed by atoms with E-state index in [1.807, 2.05) is 0 Å². The molecule has 7 heteroatoms. The van der Waals surface area contributed by atoms with Gasteiger partial charge in [0.2, 0.25) is 10.0 Å². The van der Waals surface area contributed by atoms with Gasteiger partial charge in [-0.2, -0.15) is 0 Å². The minimum Gasteiger partial charge on any atom is -0.487 e. The molecule has 0 bridgehead atoms. The highest BCUT2D eigenvalue weighted by Gasteiger charge is 2.36. The van der Waals surface area contributed by atoms with E-state index in [9.17, 15) is 17.2 Å². The number of rotatable bonds is 2. The second-order valence-corrected chi connectivity index (χ2v) is 7.06. The predicted molar refractivity (Wildman–Crippen MR) is 66.4 cm³/mol. The van der Waals surface area contributed by atoms with Crippen LogP contribution in [-0.2, 0) is 10.0 Å². The third-order valence-electron chi connectivity index (χ3n) is 3.05. The monoisotopic (exact) mass is 291 g/mol. The molecule has 0 aromatic heterocycles. The van der Waals surface area contributed by atoms with Gasteiger partial charge in [-0.05, 0) is 26.3 Å². The molecule has 1 unspecified atom stereocenters. The second kappa shape index (κ2) is 4.42. The van der Waals surface area contributed by atoms with Gasteiger partial charge in [-0.25, -0.2) is 22.3 Å². The van der Waals surface area contributed by atoms with Crippen molar-refractivity contribution >= 4 is 10.0 Å². The molecule has 0 fully saturated rings. The van der Waals surface area contributed by atoms with Crippen molar-refractivity contribution in [1.29, 1.82) is 0 Å². The molecule has 106 valence electrons. The number of primary sulfonamides is 1. The summed E-state index contributed by atoms with van der Waals surface area (Å²) in [5, 5.41) is 5.04. The van der Waals surface area contributed by atoms with Crippen LogP contribution in [0.25, 0.3) is 0 Å². The average Bonchev–Trinajstić information content (AvgIpc) is 2.17. The van der Waals surface area contributed by atoms with Crippen LogP contribution >= 0.6 is 0 Å². The number of hydrogen-bond donors (Lipinski definition) is 1. The largest absolute Gasteiger partial charge is 0.487 e. The molecule has 1 aromatic carbocycles. The Morgan fingerprint density at radius 2 is 1.95 bits per heavy atom. The summed E-state index contributed by atoms with van der Waals surface area (Å²) in [6, 6.07) is 1.93. The van der Waals surface area contributed by atoms with Crippen LogP contribution in [0.1, 0.15) is 31.7 Å². The van der Waals surface area contributed by atoms with Crippen LogP contribution in [-0.4, -0.2) is 19.8 Å². The average molecular weight is 291 g/mol. The molecule has 0 aliphatic carbocycles. The smallest absolute Gasteiger partial charge is 0.209 e. The summed E-state index contributed by atoms with van der Waals surface area (Å²) >= 11 is 0. The standard InChI is InChI=1S/C12H15F2NO3S/c1-12(2)5-7(6-19(15,16)17)8-3-9(13)10(14)4-11(8)18-12/h3-4,7H,5-6H2,1-2H3,(H2,15,16,17). The summed E-state index contributed by atoms with van der Waals surface area (Å²) in [4.78, 5) is 0. The molecule has 2 N–H and O–H groups in total. The van der Waals surface area contributed by atoms with Gasteiger partial charge < -0.3 is 4.74 Å². The quantitative estimate of drug-likeness (QED) is 0.904. The number of halogens is 2. The van der Waals surface area contributed by atoms with Crippen LogP contribution in [0.3, 0.4) is 0 Å². The van der Waals surface area contributed by atoms with E-state index in [-0.39, 0.29) is 11.5 Å². The zero-order chi connectivity index (χ0) is 14.4. The Balaban J connectivity index is 2.50. The number of nitrogens with two attached hydrogens (primary N) is 1. The van der Waals surface area contributed by atoms with Crippen LogP contribution in [0.15, 0.2) is 12.1 Å². The first-order valence-corrected chi connectivity index (χ1v) is 7.47. The Kier molecular flexibility index (Phi) is 3.30. The fraction of sp³-hybridized carbons (Fsp3) is 0.500. The number of fused-ring (bicyclic) bond motifs is 1. The van der Waals surface area contributed by atoms with Crippen molar-refractivity contribution in [2.75, 3.05) is 5.75 Å². The first kappa shape index (κ1) is 14.2. The first-order chi connectivity index (χ1) is 8.57. The lowest BCUT2D eigenvalue weighted by Gasteiger charge is -2.37. The van der Waals surface area contributed by atoms with Gasteiger partial charge in [0, 0.05) is 17.5 Å².